The van der Waals surface area contributed by atoms with Gasteiger partial charge in [-0.15, -0.1) is 0 Å². The highest BCUT2D eigenvalue weighted by Crippen LogP contribution is 2.13. The first-order valence-electron chi connectivity index (χ1n) is 6.42. The van der Waals surface area contributed by atoms with Crippen molar-refractivity contribution in [3.8, 4) is 0 Å². The van der Waals surface area contributed by atoms with Gasteiger partial charge in [0.2, 0.25) is 10.0 Å². The van der Waals surface area contributed by atoms with Crippen molar-refractivity contribution >= 4 is 27.6 Å². The minimum atomic E-state index is -3.76. The Hall–Kier alpha value is -1.89. The summed E-state index contributed by atoms with van der Waals surface area (Å²) in [5.41, 5.74) is 0.830. The number of ether oxygens (including phenoxy) is 1. The van der Waals surface area contributed by atoms with E-state index in [1.165, 1.54) is 24.3 Å². The molecule has 0 fully saturated rings. The van der Waals surface area contributed by atoms with Crippen LogP contribution in [0.4, 0.5) is 0 Å². The van der Waals surface area contributed by atoms with Crippen molar-refractivity contribution in [3.63, 3.8) is 0 Å². The maximum Gasteiger partial charge on any atom is 0.321 e. The number of carbonyl (C=O) groups is 1. The summed E-state index contributed by atoms with van der Waals surface area (Å²) in [6.07, 6.45) is 0. The lowest BCUT2D eigenvalue weighted by Gasteiger charge is -2.07. The molecule has 0 amide bonds. The van der Waals surface area contributed by atoms with Crippen LogP contribution in [0.25, 0.3) is 0 Å². The van der Waals surface area contributed by atoms with Crippen LogP contribution in [0.1, 0.15) is 5.56 Å². The van der Waals surface area contributed by atoms with Gasteiger partial charge in [0, 0.05) is 5.02 Å². The summed E-state index contributed by atoms with van der Waals surface area (Å²) in [5.74, 6) is -0.651. The average Bonchev–Trinajstić information content (AvgIpc) is 2.52. The van der Waals surface area contributed by atoms with E-state index >= 15 is 0 Å². The molecule has 0 aromatic heterocycles. The molecule has 0 heterocycles. The third-order valence-corrected chi connectivity index (χ3v) is 4.44. The smallest absolute Gasteiger partial charge is 0.321 e. The van der Waals surface area contributed by atoms with Gasteiger partial charge >= 0.3 is 5.97 Å². The molecule has 0 aliphatic carbocycles. The van der Waals surface area contributed by atoms with Crippen molar-refractivity contribution in [1.82, 2.24) is 4.72 Å². The monoisotopic (exact) mass is 339 g/mol. The number of nitrogens with one attached hydrogen (secondary N) is 1. The number of hydrogen-bond donors (Lipinski definition) is 1. The largest absolute Gasteiger partial charge is 0.460 e. The Morgan fingerprint density at radius 1 is 1.05 bits per heavy atom. The number of esters is 1. The molecule has 2 aromatic rings. The zero-order chi connectivity index (χ0) is 16.0. The molecular formula is C15H14ClNO4S. The molecule has 116 valence electrons. The van der Waals surface area contributed by atoms with E-state index in [-0.39, 0.29) is 11.5 Å². The fraction of sp³-hybridized carbons (Fsp3) is 0.133. The third kappa shape index (κ3) is 4.84. The molecule has 0 spiro atoms. The van der Waals surface area contributed by atoms with Crippen molar-refractivity contribution in [3.05, 3.63) is 65.2 Å². The van der Waals surface area contributed by atoms with Crippen LogP contribution in [0.15, 0.2) is 59.5 Å². The van der Waals surface area contributed by atoms with Crippen LogP contribution in [0.5, 0.6) is 0 Å². The molecule has 0 unspecified atom stereocenters. The van der Waals surface area contributed by atoms with E-state index < -0.39 is 22.5 Å². The van der Waals surface area contributed by atoms with E-state index in [0.717, 1.165) is 5.56 Å². The Morgan fingerprint density at radius 2 is 1.68 bits per heavy atom. The highest BCUT2D eigenvalue weighted by Gasteiger charge is 2.15. The summed E-state index contributed by atoms with van der Waals surface area (Å²) in [7, 11) is -3.76. The standard InChI is InChI=1S/C15H14ClNO4S/c16-13-6-8-14(9-7-13)22(19,20)17-10-15(18)21-11-12-4-2-1-3-5-12/h1-9,17H,10-11H2. The first kappa shape index (κ1) is 16.5. The van der Waals surface area contributed by atoms with E-state index in [0.29, 0.717) is 5.02 Å². The van der Waals surface area contributed by atoms with Gasteiger partial charge < -0.3 is 4.74 Å². The lowest BCUT2D eigenvalue weighted by atomic mass is 10.2. The molecule has 5 nitrogen and oxygen atoms in total. The van der Waals surface area contributed by atoms with E-state index in [9.17, 15) is 13.2 Å². The lowest BCUT2D eigenvalue weighted by molar-refractivity contribution is -0.143. The van der Waals surface area contributed by atoms with Crippen molar-refractivity contribution in [2.45, 2.75) is 11.5 Å². The van der Waals surface area contributed by atoms with E-state index in [1.807, 2.05) is 30.3 Å². The summed E-state index contributed by atoms with van der Waals surface area (Å²) in [6.45, 7) is -0.333. The summed E-state index contributed by atoms with van der Waals surface area (Å²) in [6, 6.07) is 14.8. The van der Waals surface area contributed by atoms with Gasteiger partial charge in [0.05, 0.1) is 4.90 Å². The van der Waals surface area contributed by atoms with Gasteiger partial charge in [-0.1, -0.05) is 41.9 Å². The molecule has 2 rings (SSSR count). The minimum absolute atomic E-state index is 0.0350. The first-order chi connectivity index (χ1) is 10.5. The highest BCUT2D eigenvalue weighted by molar-refractivity contribution is 7.89. The number of sulfonamides is 1. The quantitative estimate of drug-likeness (QED) is 0.820. The van der Waals surface area contributed by atoms with Crippen molar-refractivity contribution in [1.29, 1.82) is 0 Å². The highest BCUT2D eigenvalue weighted by atomic mass is 35.5. The molecular weight excluding hydrogens is 326 g/mol. The topological polar surface area (TPSA) is 72.5 Å². The summed E-state index contributed by atoms with van der Waals surface area (Å²) < 4.78 is 31.1. The first-order valence-corrected chi connectivity index (χ1v) is 8.28. The molecule has 0 atom stereocenters. The molecule has 7 heteroatoms. The molecule has 0 saturated carbocycles. The fourth-order valence-electron chi connectivity index (χ4n) is 1.64. The molecule has 0 aliphatic heterocycles. The number of benzene rings is 2. The number of halogens is 1. The van der Waals surface area contributed by atoms with Gasteiger partial charge in [-0.3, -0.25) is 4.79 Å². The second-order valence-corrected chi connectivity index (χ2v) is 6.63. The number of rotatable bonds is 6. The minimum Gasteiger partial charge on any atom is -0.460 e. The average molecular weight is 340 g/mol. The molecule has 0 saturated heterocycles. The Kier molecular flexibility index (Phi) is 5.54. The van der Waals surface area contributed by atoms with Crippen LogP contribution < -0.4 is 4.72 Å². The zero-order valence-electron chi connectivity index (χ0n) is 11.5. The Balaban J connectivity index is 1.86. The molecule has 0 bridgehead atoms. The number of carbonyl (C=O) groups excluding carboxylic acids is 1. The van der Waals surface area contributed by atoms with Crippen molar-refractivity contribution in [2.75, 3.05) is 6.54 Å². The molecule has 0 aliphatic rings. The van der Waals surface area contributed by atoms with Gasteiger partial charge in [-0.25, -0.2) is 8.42 Å². The van der Waals surface area contributed by atoms with Crippen LogP contribution in [0.3, 0.4) is 0 Å². The second kappa shape index (κ2) is 7.40. The summed E-state index contributed by atoms with van der Waals surface area (Å²) in [5, 5.41) is 0.432. The van der Waals surface area contributed by atoms with Crippen LogP contribution >= 0.6 is 11.6 Å². The Morgan fingerprint density at radius 3 is 2.32 bits per heavy atom. The van der Waals surface area contributed by atoms with Crippen molar-refractivity contribution < 1.29 is 17.9 Å². The summed E-state index contributed by atoms with van der Waals surface area (Å²) in [4.78, 5) is 11.6. The van der Waals surface area contributed by atoms with Crippen LogP contribution in [-0.4, -0.2) is 20.9 Å². The van der Waals surface area contributed by atoms with E-state index in [1.54, 1.807) is 0 Å². The van der Waals surface area contributed by atoms with Gasteiger partial charge in [-0.05, 0) is 29.8 Å². The van der Waals surface area contributed by atoms with Crippen molar-refractivity contribution in [2.24, 2.45) is 0 Å². The molecule has 1 N–H and O–H groups in total. The van der Waals surface area contributed by atoms with Gasteiger partial charge in [0.1, 0.15) is 13.2 Å². The fourth-order valence-corrected chi connectivity index (χ4v) is 2.74. The molecule has 0 radical (unpaired) electrons. The van der Waals surface area contributed by atoms with Crippen LogP contribution in [0.2, 0.25) is 5.02 Å². The predicted molar refractivity (Wildman–Crippen MR) is 82.9 cm³/mol. The third-order valence-electron chi connectivity index (χ3n) is 2.77. The molecule has 2 aromatic carbocycles. The SMILES string of the molecule is O=C(CNS(=O)(=O)c1ccc(Cl)cc1)OCc1ccccc1. The van der Waals surface area contributed by atoms with Crippen LogP contribution in [-0.2, 0) is 26.2 Å². The maximum absolute atomic E-state index is 12.0. The molecule has 22 heavy (non-hydrogen) atoms. The zero-order valence-corrected chi connectivity index (χ0v) is 13.1. The van der Waals surface area contributed by atoms with Gasteiger partial charge in [-0.2, -0.15) is 4.72 Å². The second-order valence-electron chi connectivity index (χ2n) is 4.42. The predicted octanol–water partition coefficient (Wildman–Crippen LogP) is 2.36. The normalized spacial score (nSPS) is 11.1. The Bertz CT molecular complexity index is 730. The van der Waals surface area contributed by atoms with E-state index in [2.05, 4.69) is 4.72 Å². The lowest BCUT2D eigenvalue weighted by Crippen LogP contribution is -2.30. The summed E-state index contributed by atoms with van der Waals surface area (Å²) >= 11 is 5.70. The number of hydrogen-bond acceptors (Lipinski definition) is 4. The van der Waals surface area contributed by atoms with Crippen LogP contribution in [0, 0.1) is 0 Å². The van der Waals surface area contributed by atoms with Gasteiger partial charge in [0.15, 0.2) is 0 Å². The van der Waals surface area contributed by atoms with Gasteiger partial charge in [0.25, 0.3) is 0 Å². The maximum atomic E-state index is 12.0. The van der Waals surface area contributed by atoms with E-state index in [4.69, 9.17) is 16.3 Å². The Labute approximate surface area is 133 Å².